The van der Waals surface area contributed by atoms with Gasteiger partial charge in [0.1, 0.15) is 17.1 Å². The monoisotopic (exact) mass is 300 g/mol. The van der Waals surface area contributed by atoms with E-state index >= 15 is 0 Å². The highest BCUT2D eigenvalue weighted by Gasteiger charge is 2.62. The minimum atomic E-state index is -2.24. The highest BCUT2D eigenvalue weighted by atomic mass is 16.5. The van der Waals surface area contributed by atoms with E-state index in [0.29, 0.717) is 0 Å². The fourth-order valence-electron chi connectivity index (χ4n) is 3.12. The number of benzene rings is 2. The second kappa shape index (κ2) is 4.48. The molecule has 1 atom stereocenters. The summed E-state index contributed by atoms with van der Waals surface area (Å²) < 4.78 is 6.16. The molecule has 116 valence electrons. The molecule has 0 spiro atoms. The average molecular weight is 300 g/mol. The van der Waals surface area contributed by atoms with Crippen LogP contribution in [0.3, 0.4) is 0 Å². The topological polar surface area (TPSA) is 69.9 Å². The van der Waals surface area contributed by atoms with E-state index < -0.39 is 16.8 Å². The van der Waals surface area contributed by atoms with Crippen LogP contribution in [0.25, 0.3) is 0 Å². The third kappa shape index (κ3) is 1.71. The van der Waals surface area contributed by atoms with Crippen LogP contribution in [0.2, 0.25) is 0 Å². The minimum absolute atomic E-state index is 0.00778. The second-order valence-electron chi connectivity index (χ2n) is 6.45. The summed E-state index contributed by atoms with van der Waals surface area (Å²) in [5.74, 6) is -2.15. The highest BCUT2D eigenvalue weighted by molar-refractivity contribution is 5.51. The molecule has 1 aliphatic rings. The number of aliphatic hydroxyl groups is 2. The number of hydrogen-bond acceptors (Lipinski definition) is 4. The summed E-state index contributed by atoms with van der Waals surface area (Å²) >= 11 is 0. The second-order valence-corrected chi connectivity index (χ2v) is 6.45. The number of hydrogen-bond donors (Lipinski definition) is 3. The molecule has 1 unspecified atom stereocenters. The predicted octanol–water partition coefficient (Wildman–Crippen LogP) is 2.86. The van der Waals surface area contributed by atoms with Crippen LogP contribution in [0.5, 0.6) is 11.5 Å². The maximum absolute atomic E-state index is 10.8. The molecule has 0 radical (unpaired) electrons. The Kier molecular flexibility index (Phi) is 3.03. The van der Waals surface area contributed by atoms with E-state index in [1.807, 2.05) is 37.3 Å². The van der Waals surface area contributed by atoms with E-state index in [4.69, 9.17) is 4.74 Å². The van der Waals surface area contributed by atoms with Crippen molar-refractivity contribution in [2.45, 2.75) is 32.2 Å². The Bertz CT molecular complexity index is 706. The average Bonchev–Trinajstić information content (AvgIpc) is 2.46. The van der Waals surface area contributed by atoms with Crippen molar-refractivity contribution in [3.8, 4) is 11.5 Å². The van der Waals surface area contributed by atoms with Crippen molar-refractivity contribution in [2.75, 3.05) is 0 Å². The maximum atomic E-state index is 10.8. The van der Waals surface area contributed by atoms with Gasteiger partial charge >= 0.3 is 0 Å². The lowest BCUT2D eigenvalue weighted by Gasteiger charge is -2.54. The Balaban J connectivity index is 2.29. The SMILES string of the molecule is CC1(c2ccccc2)Oc2cccc(O)c2C(O)(O)C1(C)C. The molecule has 0 saturated heterocycles. The van der Waals surface area contributed by atoms with Crippen molar-refractivity contribution in [3.05, 3.63) is 59.7 Å². The molecular weight excluding hydrogens is 280 g/mol. The van der Waals surface area contributed by atoms with Crippen LogP contribution < -0.4 is 4.74 Å². The van der Waals surface area contributed by atoms with E-state index in [9.17, 15) is 15.3 Å². The third-order valence-electron chi connectivity index (χ3n) is 5.06. The predicted molar refractivity (Wildman–Crippen MR) is 82.4 cm³/mol. The van der Waals surface area contributed by atoms with E-state index in [-0.39, 0.29) is 17.1 Å². The first-order valence-corrected chi connectivity index (χ1v) is 7.23. The van der Waals surface area contributed by atoms with Gasteiger partial charge in [0.2, 0.25) is 5.79 Å². The molecule has 0 saturated carbocycles. The zero-order valence-electron chi connectivity index (χ0n) is 12.9. The summed E-state index contributed by atoms with van der Waals surface area (Å²) in [6.45, 7) is 5.27. The Morgan fingerprint density at radius 2 is 1.50 bits per heavy atom. The van der Waals surface area contributed by atoms with E-state index in [1.165, 1.54) is 6.07 Å². The van der Waals surface area contributed by atoms with Gasteiger partial charge in [-0.05, 0) is 24.6 Å². The van der Waals surface area contributed by atoms with Gasteiger partial charge in [0.15, 0.2) is 0 Å². The van der Waals surface area contributed by atoms with Gasteiger partial charge in [-0.1, -0.05) is 50.2 Å². The normalized spacial score (nSPS) is 25.1. The molecule has 0 aliphatic carbocycles. The van der Waals surface area contributed by atoms with Crippen molar-refractivity contribution >= 4 is 0 Å². The Morgan fingerprint density at radius 1 is 0.864 bits per heavy atom. The molecule has 4 heteroatoms. The molecule has 22 heavy (non-hydrogen) atoms. The first kappa shape index (κ1) is 14.9. The van der Waals surface area contributed by atoms with Crippen LogP contribution in [0.1, 0.15) is 31.9 Å². The number of ether oxygens (including phenoxy) is 1. The summed E-state index contributed by atoms with van der Waals surface area (Å²) in [5.41, 5.74) is -1.24. The van der Waals surface area contributed by atoms with Gasteiger partial charge in [0, 0.05) is 0 Å². The van der Waals surface area contributed by atoms with Crippen molar-refractivity contribution in [1.29, 1.82) is 0 Å². The van der Waals surface area contributed by atoms with Gasteiger partial charge in [-0.2, -0.15) is 0 Å². The van der Waals surface area contributed by atoms with Crippen molar-refractivity contribution in [3.63, 3.8) is 0 Å². The molecule has 1 aliphatic heterocycles. The molecule has 2 aromatic rings. The number of fused-ring (bicyclic) bond motifs is 1. The van der Waals surface area contributed by atoms with E-state index in [1.54, 1.807) is 26.0 Å². The largest absolute Gasteiger partial charge is 0.507 e. The Hall–Kier alpha value is -2.04. The Labute approximate surface area is 129 Å². The van der Waals surface area contributed by atoms with Crippen LogP contribution in [0, 0.1) is 5.41 Å². The lowest BCUT2D eigenvalue weighted by Crippen LogP contribution is -2.59. The number of phenolic OH excluding ortho intramolecular Hbond substituents is 1. The number of phenols is 1. The molecule has 0 amide bonds. The van der Waals surface area contributed by atoms with Gasteiger partial charge in [-0.25, -0.2) is 0 Å². The first-order chi connectivity index (χ1) is 10.2. The van der Waals surface area contributed by atoms with E-state index in [2.05, 4.69) is 0 Å². The summed E-state index contributed by atoms with van der Waals surface area (Å²) in [5, 5.41) is 31.8. The Morgan fingerprint density at radius 3 is 2.14 bits per heavy atom. The van der Waals surface area contributed by atoms with Gasteiger partial charge in [-0.3, -0.25) is 0 Å². The molecule has 0 bridgehead atoms. The summed E-state index contributed by atoms with van der Waals surface area (Å²) in [6, 6.07) is 14.1. The van der Waals surface area contributed by atoms with Gasteiger partial charge in [0.05, 0.1) is 11.0 Å². The maximum Gasteiger partial charge on any atom is 0.206 e. The molecule has 0 aromatic heterocycles. The van der Waals surface area contributed by atoms with Crippen LogP contribution >= 0.6 is 0 Å². The van der Waals surface area contributed by atoms with Crippen LogP contribution in [-0.4, -0.2) is 15.3 Å². The molecular formula is C18H20O4. The standard InChI is InChI=1S/C18H20O4/c1-16(2)17(3,12-8-5-4-6-9-12)22-14-11-7-10-13(19)15(14)18(16,20)21/h4-11,19-21H,1-3H3. The lowest BCUT2D eigenvalue weighted by atomic mass is 9.63. The highest BCUT2D eigenvalue weighted by Crippen LogP contribution is 2.59. The summed E-state index contributed by atoms with van der Waals surface area (Å²) in [4.78, 5) is 0. The van der Waals surface area contributed by atoms with Crippen LogP contribution in [0.15, 0.2) is 48.5 Å². The van der Waals surface area contributed by atoms with Crippen molar-refractivity contribution < 1.29 is 20.1 Å². The molecule has 4 nitrogen and oxygen atoms in total. The molecule has 2 aromatic carbocycles. The quantitative estimate of drug-likeness (QED) is 0.708. The lowest BCUT2D eigenvalue weighted by molar-refractivity contribution is -0.303. The fraction of sp³-hybridized carbons (Fsp3) is 0.333. The molecule has 1 heterocycles. The zero-order valence-corrected chi connectivity index (χ0v) is 12.9. The minimum Gasteiger partial charge on any atom is -0.507 e. The fourth-order valence-corrected chi connectivity index (χ4v) is 3.12. The molecule has 0 fully saturated rings. The van der Waals surface area contributed by atoms with Gasteiger partial charge < -0.3 is 20.1 Å². The van der Waals surface area contributed by atoms with Crippen molar-refractivity contribution in [1.82, 2.24) is 0 Å². The van der Waals surface area contributed by atoms with E-state index in [0.717, 1.165) is 5.56 Å². The smallest absolute Gasteiger partial charge is 0.206 e. The summed E-state index contributed by atoms with van der Waals surface area (Å²) in [6.07, 6.45) is 0. The summed E-state index contributed by atoms with van der Waals surface area (Å²) in [7, 11) is 0. The zero-order chi connectivity index (χ0) is 16.2. The molecule has 3 rings (SSSR count). The number of aromatic hydroxyl groups is 1. The van der Waals surface area contributed by atoms with Gasteiger partial charge in [-0.15, -0.1) is 0 Å². The first-order valence-electron chi connectivity index (χ1n) is 7.23. The van der Waals surface area contributed by atoms with Crippen molar-refractivity contribution in [2.24, 2.45) is 5.41 Å². The van der Waals surface area contributed by atoms with Crippen LogP contribution in [-0.2, 0) is 11.4 Å². The molecule has 3 N–H and O–H groups in total. The van der Waals surface area contributed by atoms with Crippen LogP contribution in [0.4, 0.5) is 0 Å². The van der Waals surface area contributed by atoms with Gasteiger partial charge in [0.25, 0.3) is 0 Å². The number of rotatable bonds is 1. The third-order valence-corrected chi connectivity index (χ3v) is 5.06.